The molecule has 0 atom stereocenters. The van der Waals surface area contributed by atoms with Crippen molar-refractivity contribution in [3.63, 3.8) is 0 Å². The Morgan fingerprint density at radius 1 is 1.55 bits per heavy atom. The lowest BCUT2D eigenvalue weighted by atomic mass is 10.8. The molecule has 0 unspecified atom stereocenters. The molecule has 0 saturated carbocycles. The molecule has 0 aliphatic carbocycles. The van der Waals surface area contributed by atoms with Gasteiger partial charge in [-0.3, -0.25) is 0 Å². The van der Waals surface area contributed by atoms with Gasteiger partial charge >= 0.3 is 0 Å². The third kappa shape index (κ3) is 6.06. The molecule has 0 aromatic carbocycles. The van der Waals surface area contributed by atoms with Gasteiger partial charge < -0.3 is 4.74 Å². The second-order valence-corrected chi connectivity index (χ2v) is 4.24. The van der Waals surface area contributed by atoms with Crippen molar-refractivity contribution in [1.82, 2.24) is 0 Å². The lowest BCUT2D eigenvalue weighted by molar-refractivity contribution is 0.223. The number of ether oxygens (including phenoxy) is 1. The summed E-state index contributed by atoms with van der Waals surface area (Å²) in [5.74, 6) is 0.0867. The van der Waals surface area contributed by atoms with Crippen molar-refractivity contribution in [3.8, 4) is 0 Å². The molecule has 1 radical (unpaired) electrons. The minimum absolute atomic E-state index is 0.0279. The van der Waals surface area contributed by atoms with E-state index in [1.165, 1.54) is 12.7 Å². The zero-order chi connectivity index (χ0) is 8.74. The van der Waals surface area contributed by atoms with E-state index in [1.807, 2.05) is 0 Å². The van der Waals surface area contributed by atoms with Crippen LogP contribution in [0.2, 0.25) is 0 Å². The predicted octanol–water partition coefficient (Wildman–Crippen LogP) is 0.785. The normalized spacial score (nSPS) is 11.4. The van der Waals surface area contributed by atoms with Crippen LogP contribution in [-0.4, -0.2) is 26.5 Å². The highest BCUT2D eigenvalue weighted by atomic mass is 32.2. The predicted molar refractivity (Wildman–Crippen MR) is 44.8 cm³/mol. The molecule has 4 heteroatoms. The Labute approximate surface area is 68.0 Å². The molecule has 3 nitrogen and oxygen atoms in total. The Morgan fingerprint density at radius 3 is 2.64 bits per heavy atom. The quantitative estimate of drug-likeness (QED) is 0.445. The Hall–Kier alpha value is -0.350. The number of rotatable bonds is 6. The van der Waals surface area contributed by atoms with Crippen molar-refractivity contribution >= 4 is 9.84 Å². The third-order valence-electron chi connectivity index (χ3n) is 1.05. The highest BCUT2D eigenvalue weighted by Gasteiger charge is 2.06. The second kappa shape index (κ2) is 5.32. The molecule has 0 rings (SSSR count). The summed E-state index contributed by atoms with van der Waals surface area (Å²) >= 11 is 0. The Balaban J connectivity index is 3.65. The van der Waals surface area contributed by atoms with Crippen LogP contribution in [0.1, 0.15) is 6.92 Å². The molecule has 0 bridgehead atoms. The maximum Gasteiger partial charge on any atom is 0.156 e. The Kier molecular flexibility index (Phi) is 5.15. The lowest BCUT2D eigenvalue weighted by Crippen LogP contribution is -2.13. The molecule has 0 aromatic heterocycles. The monoisotopic (exact) mass is 177 g/mol. The summed E-state index contributed by atoms with van der Waals surface area (Å²) < 4.78 is 26.7. The van der Waals surface area contributed by atoms with Gasteiger partial charge in [0.05, 0.1) is 24.7 Å². The average Bonchev–Trinajstić information content (AvgIpc) is 1.87. The van der Waals surface area contributed by atoms with E-state index < -0.39 is 9.84 Å². The summed E-state index contributed by atoms with van der Waals surface area (Å²) in [7, 11) is -2.97. The van der Waals surface area contributed by atoms with Crippen molar-refractivity contribution in [2.75, 3.05) is 18.1 Å². The molecule has 0 fully saturated rings. The fourth-order valence-corrected chi connectivity index (χ4v) is 1.43. The number of hydrogen-bond acceptors (Lipinski definition) is 3. The topological polar surface area (TPSA) is 43.4 Å². The SMILES string of the molecule is C=CCS(=O)(=O)CCO[CH]C. The van der Waals surface area contributed by atoms with Crippen LogP contribution >= 0.6 is 0 Å². The van der Waals surface area contributed by atoms with Gasteiger partial charge in [-0.2, -0.15) is 0 Å². The second-order valence-electron chi connectivity index (χ2n) is 2.01. The van der Waals surface area contributed by atoms with E-state index in [0.717, 1.165) is 0 Å². The summed E-state index contributed by atoms with van der Waals surface area (Å²) in [5.41, 5.74) is 0. The van der Waals surface area contributed by atoms with E-state index in [4.69, 9.17) is 4.74 Å². The maximum absolute atomic E-state index is 10.9. The van der Waals surface area contributed by atoms with Gasteiger partial charge in [-0.15, -0.1) is 6.58 Å². The molecule has 0 aromatic rings. The van der Waals surface area contributed by atoms with Gasteiger partial charge in [-0.25, -0.2) is 8.42 Å². The minimum Gasteiger partial charge on any atom is -0.375 e. The van der Waals surface area contributed by atoms with Crippen LogP contribution < -0.4 is 0 Å². The van der Waals surface area contributed by atoms with Crippen molar-refractivity contribution in [2.24, 2.45) is 0 Å². The first-order valence-electron chi connectivity index (χ1n) is 3.33. The highest BCUT2D eigenvalue weighted by Crippen LogP contribution is 1.91. The number of hydrogen-bond donors (Lipinski definition) is 0. The molecule has 0 spiro atoms. The summed E-state index contributed by atoms with van der Waals surface area (Å²) in [5, 5.41) is 0. The van der Waals surface area contributed by atoms with Crippen molar-refractivity contribution < 1.29 is 13.2 Å². The summed E-state index contributed by atoms with van der Waals surface area (Å²) in [6.45, 7) is 6.76. The van der Waals surface area contributed by atoms with Gasteiger partial charge in [-0.05, 0) is 6.92 Å². The smallest absolute Gasteiger partial charge is 0.156 e. The first kappa shape index (κ1) is 10.7. The third-order valence-corrected chi connectivity index (χ3v) is 2.58. The minimum atomic E-state index is -2.97. The molecule has 0 aliphatic rings. The molecular formula is C7H13O3S. The highest BCUT2D eigenvalue weighted by molar-refractivity contribution is 7.91. The van der Waals surface area contributed by atoms with Gasteiger partial charge in [0.2, 0.25) is 0 Å². The first-order chi connectivity index (χ1) is 5.12. The van der Waals surface area contributed by atoms with Gasteiger partial charge in [-0.1, -0.05) is 6.08 Å². The maximum atomic E-state index is 10.9. The Morgan fingerprint density at radius 2 is 2.18 bits per heavy atom. The van der Waals surface area contributed by atoms with Crippen molar-refractivity contribution in [1.29, 1.82) is 0 Å². The van der Waals surface area contributed by atoms with Crippen LogP contribution in [0.3, 0.4) is 0 Å². The van der Waals surface area contributed by atoms with Gasteiger partial charge in [0.15, 0.2) is 9.84 Å². The van der Waals surface area contributed by atoms with E-state index in [2.05, 4.69) is 6.58 Å². The fourth-order valence-electron chi connectivity index (χ4n) is 0.556. The van der Waals surface area contributed by atoms with Crippen molar-refractivity contribution in [3.05, 3.63) is 19.3 Å². The molecule has 65 valence electrons. The van der Waals surface area contributed by atoms with Crippen LogP contribution in [-0.2, 0) is 14.6 Å². The summed E-state index contributed by atoms with van der Waals surface area (Å²) in [6.07, 6.45) is 1.38. The molecule has 0 heterocycles. The van der Waals surface area contributed by atoms with E-state index in [0.29, 0.717) is 0 Å². The van der Waals surface area contributed by atoms with Crippen LogP contribution in [0.4, 0.5) is 0 Å². The molecule has 0 saturated heterocycles. The van der Waals surface area contributed by atoms with Crippen LogP contribution in [0, 0.1) is 6.61 Å². The lowest BCUT2D eigenvalue weighted by Gasteiger charge is -2.00. The van der Waals surface area contributed by atoms with E-state index in [-0.39, 0.29) is 18.1 Å². The average molecular weight is 177 g/mol. The van der Waals surface area contributed by atoms with E-state index in [1.54, 1.807) is 6.92 Å². The fraction of sp³-hybridized carbons (Fsp3) is 0.571. The molecular weight excluding hydrogens is 164 g/mol. The Bertz CT molecular complexity index is 194. The molecule has 0 N–H and O–H groups in total. The summed E-state index contributed by atoms with van der Waals surface area (Å²) in [6, 6.07) is 0. The van der Waals surface area contributed by atoms with E-state index >= 15 is 0 Å². The molecule has 11 heavy (non-hydrogen) atoms. The summed E-state index contributed by atoms with van der Waals surface area (Å²) in [4.78, 5) is 0. The number of sulfone groups is 1. The first-order valence-corrected chi connectivity index (χ1v) is 5.15. The van der Waals surface area contributed by atoms with Crippen LogP contribution in [0.25, 0.3) is 0 Å². The van der Waals surface area contributed by atoms with Gasteiger partial charge in [0, 0.05) is 0 Å². The van der Waals surface area contributed by atoms with Crippen LogP contribution in [0.5, 0.6) is 0 Å². The standard InChI is InChI=1S/C7H13O3S/c1-3-6-11(8,9)7-5-10-4-2/h3-4H,1,5-7H2,2H3. The van der Waals surface area contributed by atoms with Gasteiger partial charge in [0.25, 0.3) is 0 Å². The zero-order valence-electron chi connectivity index (χ0n) is 6.62. The van der Waals surface area contributed by atoms with Gasteiger partial charge in [0.1, 0.15) is 0 Å². The molecule has 0 aliphatic heterocycles. The zero-order valence-corrected chi connectivity index (χ0v) is 7.43. The van der Waals surface area contributed by atoms with Crippen molar-refractivity contribution in [2.45, 2.75) is 6.92 Å². The largest absolute Gasteiger partial charge is 0.375 e. The van der Waals surface area contributed by atoms with Crippen LogP contribution in [0.15, 0.2) is 12.7 Å². The van der Waals surface area contributed by atoms with E-state index in [9.17, 15) is 8.42 Å². The molecule has 0 amide bonds.